The molecule has 1 aliphatic heterocycles. The molecule has 2 aliphatic rings. The molecule has 0 aromatic heterocycles. The Hall–Kier alpha value is -0.760. The summed E-state index contributed by atoms with van der Waals surface area (Å²) in [6.45, 7) is 5.50. The fraction of sp³-hybridized carbons (Fsp3) is 0.600. The van der Waals surface area contributed by atoms with Gasteiger partial charge in [-0.2, -0.15) is 0 Å². The first-order valence-electron chi connectivity index (χ1n) is 4.38. The van der Waals surface area contributed by atoms with E-state index in [1.807, 2.05) is 0 Å². The van der Waals surface area contributed by atoms with Crippen molar-refractivity contribution >= 4 is 0 Å². The summed E-state index contributed by atoms with van der Waals surface area (Å²) < 4.78 is 10.7. The van der Waals surface area contributed by atoms with Crippen LogP contribution in [0.5, 0.6) is 0 Å². The van der Waals surface area contributed by atoms with E-state index in [0.29, 0.717) is 12.7 Å². The predicted molar refractivity (Wildman–Crippen MR) is 46.5 cm³/mol. The third-order valence-corrected chi connectivity index (χ3v) is 2.35. The highest BCUT2D eigenvalue weighted by atomic mass is 16.7. The van der Waals surface area contributed by atoms with Crippen molar-refractivity contribution in [2.75, 3.05) is 13.4 Å². The van der Waals surface area contributed by atoms with Gasteiger partial charge in [-0.15, -0.1) is 0 Å². The van der Waals surface area contributed by atoms with Crippen molar-refractivity contribution < 1.29 is 9.47 Å². The molecule has 1 atom stereocenters. The Labute approximate surface area is 72.9 Å². The highest BCUT2D eigenvalue weighted by Gasteiger charge is 2.21. The topological polar surface area (TPSA) is 18.5 Å². The Kier molecular flexibility index (Phi) is 1.93. The SMILES string of the molecule is CC1=CC(C)CC2=C1OCOC2. The van der Waals surface area contributed by atoms with Gasteiger partial charge in [0, 0.05) is 0 Å². The highest BCUT2D eigenvalue weighted by Crippen LogP contribution is 2.31. The Morgan fingerprint density at radius 2 is 2.33 bits per heavy atom. The van der Waals surface area contributed by atoms with E-state index >= 15 is 0 Å². The summed E-state index contributed by atoms with van der Waals surface area (Å²) in [6.07, 6.45) is 3.36. The molecule has 0 amide bonds. The molecule has 1 heterocycles. The van der Waals surface area contributed by atoms with Crippen molar-refractivity contribution in [3.63, 3.8) is 0 Å². The Bertz CT molecular complexity index is 251. The Balaban J connectivity index is 2.29. The monoisotopic (exact) mass is 166 g/mol. The minimum atomic E-state index is 0.415. The second-order valence-electron chi connectivity index (χ2n) is 3.57. The Morgan fingerprint density at radius 3 is 3.17 bits per heavy atom. The molecule has 0 aromatic rings. The summed E-state index contributed by atoms with van der Waals surface area (Å²) in [5, 5.41) is 0. The van der Waals surface area contributed by atoms with Gasteiger partial charge in [-0.05, 0) is 30.4 Å². The largest absolute Gasteiger partial charge is 0.467 e. The molecule has 0 saturated carbocycles. The standard InChI is InChI=1S/C10H14O2/c1-7-3-8(2)10-9(4-7)5-11-6-12-10/h3,7H,4-6H2,1-2H3. The number of allylic oxidation sites excluding steroid dienone is 2. The lowest BCUT2D eigenvalue weighted by Gasteiger charge is -2.27. The van der Waals surface area contributed by atoms with Crippen LogP contribution in [-0.4, -0.2) is 13.4 Å². The van der Waals surface area contributed by atoms with Crippen LogP contribution in [0.4, 0.5) is 0 Å². The molecule has 0 fully saturated rings. The molecule has 0 N–H and O–H groups in total. The summed E-state index contributed by atoms with van der Waals surface area (Å²) in [5.41, 5.74) is 2.60. The number of rotatable bonds is 0. The van der Waals surface area contributed by atoms with Crippen LogP contribution in [0.15, 0.2) is 23.0 Å². The van der Waals surface area contributed by atoms with Crippen molar-refractivity contribution in [2.45, 2.75) is 20.3 Å². The van der Waals surface area contributed by atoms with Gasteiger partial charge in [-0.25, -0.2) is 0 Å². The highest BCUT2D eigenvalue weighted by molar-refractivity contribution is 5.34. The van der Waals surface area contributed by atoms with Gasteiger partial charge in [0.1, 0.15) is 5.76 Å². The average molecular weight is 166 g/mol. The molecule has 0 spiro atoms. The van der Waals surface area contributed by atoms with Crippen LogP contribution in [0.25, 0.3) is 0 Å². The van der Waals surface area contributed by atoms with Crippen LogP contribution < -0.4 is 0 Å². The zero-order valence-electron chi connectivity index (χ0n) is 7.59. The third-order valence-electron chi connectivity index (χ3n) is 2.35. The molecule has 0 saturated heterocycles. The second kappa shape index (κ2) is 2.94. The van der Waals surface area contributed by atoms with Gasteiger partial charge in [0.15, 0.2) is 6.79 Å². The summed E-state index contributed by atoms with van der Waals surface area (Å²) in [7, 11) is 0. The first-order valence-corrected chi connectivity index (χ1v) is 4.38. The van der Waals surface area contributed by atoms with Crippen molar-refractivity contribution in [2.24, 2.45) is 5.92 Å². The maximum Gasteiger partial charge on any atom is 0.189 e. The van der Waals surface area contributed by atoms with E-state index in [-0.39, 0.29) is 0 Å². The van der Waals surface area contributed by atoms with Crippen LogP contribution in [0.1, 0.15) is 20.3 Å². The van der Waals surface area contributed by atoms with Gasteiger partial charge in [0.2, 0.25) is 0 Å². The molecule has 1 aliphatic carbocycles. The molecular weight excluding hydrogens is 152 g/mol. The average Bonchev–Trinajstić information content (AvgIpc) is 2.04. The number of hydrogen-bond donors (Lipinski definition) is 0. The summed E-state index contributed by atoms with van der Waals surface area (Å²) in [4.78, 5) is 0. The molecule has 12 heavy (non-hydrogen) atoms. The van der Waals surface area contributed by atoms with Crippen molar-refractivity contribution in [3.8, 4) is 0 Å². The van der Waals surface area contributed by atoms with Gasteiger partial charge in [-0.3, -0.25) is 0 Å². The normalized spacial score (nSPS) is 29.2. The van der Waals surface area contributed by atoms with Crippen molar-refractivity contribution in [1.29, 1.82) is 0 Å². The van der Waals surface area contributed by atoms with E-state index in [1.54, 1.807) is 0 Å². The van der Waals surface area contributed by atoms with E-state index in [1.165, 1.54) is 11.1 Å². The van der Waals surface area contributed by atoms with E-state index in [2.05, 4.69) is 19.9 Å². The van der Waals surface area contributed by atoms with Gasteiger partial charge in [0.25, 0.3) is 0 Å². The molecule has 2 rings (SSSR count). The molecule has 2 heteroatoms. The molecule has 0 aromatic carbocycles. The maximum absolute atomic E-state index is 5.43. The summed E-state index contributed by atoms with van der Waals surface area (Å²) >= 11 is 0. The van der Waals surface area contributed by atoms with E-state index < -0.39 is 0 Å². The fourth-order valence-corrected chi connectivity index (χ4v) is 1.93. The van der Waals surface area contributed by atoms with Crippen LogP contribution in [-0.2, 0) is 9.47 Å². The van der Waals surface area contributed by atoms with Crippen molar-refractivity contribution in [1.82, 2.24) is 0 Å². The van der Waals surface area contributed by atoms with E-state index in [0.717, 1.165) is 18.8 Å². The minimum absolute atomic E-state index is 0.415. The zero-order valence-corrected chi connectivity index (χ0v) is 7.59. The van der Waals surface area contributed by atoms with Gasteiger partial charge < -0.3 is 9.47 Å². The molecular formula is C10H14O2. The van der Waals surface area contributed by atoms with E-state index in [9.17, 15) is 0 Å². The quantitative estimate of drug-likeness (QED) is 0.549. The lowest BCUT2D eigenvalue weighted by Crippen LogP contribution is -2.19. The van der Waals surface area contributed by atoms with Crippen LogP contribution in [0.3, 0.4) is 0 Å². The zero-order chi connectivity index (χ0) is 8.55. The minimum Gasteiger partial charge on any atom is -0.467 e. The van der Waals surface area contributed by atoms with Gasteiger partial charge >= 0.3 is 0 Å². The maximum atomic E-state index is 5.43. The lowest BCUT2D eigenvalue weighted by atomic mass is 9.91. The van der Waals surface area contributed by atoms with Gasteiger partial charge in [-0.1, -0.05) is 13.0 Å². The van der Waals surface area contributed by atoms with Crippen molar-refractivity contribution in [3.05, 3.63) is 23.0 Å². The first kappa shape index (κ1) is 7.87. The summed E-state index contributed by atoms with van der Waals surface area (Å²) in [6, 6.07) is 0. The van der Waals surface area contributed by atoms with Gasteiger partial charge in [0.05, 0.1) is 6.61 Å². The molecule has 2 nitrogen and oxygen atoms in total. The van der Waals surface area contributed by atoms with E-state index in [4.69, 9.17) is 9.47 Å². The van der Waals surface area contributed by atoms with Crippen LogP contribution in [0.2, 0.25) is 0 Å². The smallest absolute Gasteiger partial charge is 0.189 e. The number of ether oxygens (including phenoxy) is 2. The predicted octanol–water partition coefficient (Wildman–Crippen LogP) is 2.23. The van der Waals surface area contributed by atoms with Crippen LogP contribution in [0, 0.1) is 5.92 Å². The molecule has 0 bridgehead atoms. The second-order valence-corrected chi connectivity index (χ2v) is 3.57. The summed E-state index contributed by atoms with van der Waals surface area (Å²) in [5.74, 6) is 1.72. The third kappa shape index (κ3) is 1.27. The first-order chi connectivity index (χ1) is 5.77. The fourth-order valence-electron chi connectivity index (χ4n) is 1.93. The lowest BCUT2D eigenvalue weighted by molar-refractivity contribution is -0.0356. The Morgan fingerprint density at radius 1 is 1.50 bits per heavy atom. The molecule has 1 unspecified atom stereocenters. The molecule has 0 radical (unpaired) electrons. The molecule has 66 valence electrons. The number of hydrogen-bond acceptors (Lipinski definition) is 2. The van der Waals surface area contributed by atoms with Crippen LogP contribution >= 0.6 is 0 Å².